The first-order chi connectivity index (χ1) is 13.7. The van der Waals surface area contributed by atoms with E-state index in [2.05, 4.69) is 20.8 Å². The molecule has 1 unspecified atom stereocenters. The molecule has 0 aliphatic carbocycles. The van der Waals surface area contributed by atoms with Crippen molar-refractivity contribution in [2.45, 2.75) is 12.5 Å². The van der Waals surface area contributed by atoms with E-state index in [1.54, 1.807) is 42.2 Å². The maximum absolute atomic E-state index is 12.6. The van der Waals surface area contributed by atoms with Gasteiger partial charge in [0, 0.05) is 28.2 Å². The molecule has 1 heterocycles. The van der Waals surface area contributed by atoms with Crippen LogP contribution in [0.3, 0.4) is 0 Å². The third kappa shape index (κ3) is 5.01. The van der Waals surface area contributed by atoms with Gasteiger partial charge in [-0.2, -0.15) is 16.9 Å². The predicted molar refractivity (Wildman–Crippen MR) is 115 cm³/mol. The Hall–Kier alpha value is -3.06. The first-order valence-electron chi connectivity index (χ1n) is 8.93. The Kier molecular flexibility index (Phi) is 6.86. The van der Waals surface area contributed by atoms with Gasteiger partial charge in [-0.1, -0.05) is 36.4 Å². The van der Waals surface area contributed by atoms with Crippen molar-refractivity contribution in [1.29, 1.82) is 0 Å². The minimum Gasteiger partial charge on any atom is -0.361 e. The molecule has 0 saturated heterocycles. The van der Waals surface area contributed by atoms with Crippen LogP contribution in [0.2, 0.25) is 0 Å². The molecule has 3 rings (SSSR count). The fraction of sp³-hybridized carbons (Fsp3) is 0.190. The average molecular weight is 395 g/mol. The number of benzene rings is 2. The van der Waals surface area contributed by atoms with Gasteiger partial charge in [0.1, 0.15) is 6.04 Å². The minimum absolute atomic E-state index is 0.275. The summed E-state index contributed by atoms with van der Waals surface area (Å²) >= 11 is 1.62. The highest BCUT2D eigenvalue weighted by Gasteiger charge is 2.20. The van der Waals surface area contributed by atoms with E-state index >= 15 is 0 Å². The van der Waals surface area contributed by atoms with Crippen LogP contribution in [0.15, 0.2) is 65.9 Å². The molecule has 144 valence electrons. The summed E-state index contributed by atoms with van der Waals surface area (Å²) in [5, 5.41) is 7.89. The number of carbonyl (C=O) groups is 2. The summed E-state index contributed by atoms with van der Waals surface area (Å²) in [5.41, 5.74) is 4.95. The lowest BCUT2D eigenvalue weighted by Crippen LogP contribution is -2.45. The van der Waals surface area contributed by atoms with Crippen LogP contribution in [-0.4, -0.2) is 41.1 Å². The number of nitrogens with one attached hydrogen (secondary N) is 3. The molecule has 6 nitrogen and oxygen atoms in total. The zero-order chi connectivity index (χ0) is 19.8. The van der Waals surface area contributed by atoms with Crippen molar-refractivity contribution in [3.05, 3.63) is 71.9 Å². The second-order valence-electron chi connectivity index (χ2n) is 6.20. The fourth-order valence-electron chi connectivity index (χ4n) is 2.78. The van der Waals surface area contributed by atoms with Crippen LogP contribution in [0.25, 0.3) is 10.9 Å². The van der Waals surface area contributed by atoms with Gasteiger partial charge < -0.3 is 10.3 Å². The number of nitrogens with zero attached hydrogens (tertiary/aromatic N) is 1. The first-order valence-corrected chi connectivity index (χ1v) is 10.3. The van der Waals surface area contributed by atoms with E-state index in [1.165, 1.54) is 0 Å². The van der Waals surface area contributed by atoms with Gasteiger partial charge in [0.05, 0.1) is 6.21 Å². The molecule has 0 bridgehead atoms. The number of para-hydroxylation sites is 1. The molecule has 0 saturated carbocycles. The second kappa shape index (κ2) is 9.75. The lowest BCUT2D eigenvalue weighted by Gasteiger charge is -2.16. The lowest BCUT2D eigenvalue weighted by atomic mass is 10.1. The van der Waals surface area contributed by atoms with E-state index < -0.39 is 6.04 Å². The van der Waals surface area contributed by atoms with Gasteiger partial charge in [-0.25, -0.2) is 5.43 Å². The summed E-state index contributed by atoms with van der Waals surface area (Å²) in [6.45, 7) is 0. The highest BCUT2D eigenvalue weighted by molar-refractivity contribution is 7.98. The zero-order valence-corrected chi connectivity index (χ0v) is 16.3. The molecule has 0 aliphatic rings. The van der Waals surface area contributed by atoms with Crippen LogP contribution in [0.5, 0.6) is 0 Å². The quantitative estimate of drug-likeness (QED) is 0.405. The van der Waals surface area contributed by atoms with Gasteiger partial charge in [-0.3, -0.25) is 9.59 Å². The smallest absolute Gasteiger partial charge is 0.262 e. The molecule has 1 atom stereocenters. The van der Waals surface area contributed by atoms with Crippen LogP contribution >= 0.6 is 11.8 Å². The van der Waals surface area contributed by atoms with Gasteiger partial charge in [-0.15, -0.1) is 0 Å². The van der Waals surface area contributed by atoms with Crippen LogP contribution < -0.4 is 10.7 Å². The minimum atomic E-state index is -0.653. The average Bonchev–Trinajstić information content (AvgIpc) is 3.14. The van der Waals surface area contributed by atoms with Crippen LogP contribution in [0, 0.1) is 0 Å². The van der Waals surface area contributed by atoms with E-state index in [1.807, 2.05) is 42.8 Å². The molecule has 0 fully saturated rings. The zero-order valence-electron chi connectivity index (χ0n) is 15.5. The highest BCUT2D eigenvalue weighted by atomic mass is 32.2. The predicted octanol–water partition coefficient (Wildman–Crippen LogP) is 3.17. The summed E-state index contributed by atoms with van der Waals surface area (Å²) < 4.78 is 0. The first kappa shape index (κ1) is 19.7. The number of aromatic nitrogens is 1. The summed E-state index contributed by atoms with van der Waals surface area (Å²) in [6.07, 6.45) is 5.92. The monoisotopic (exact) mass is 394 g/mol. The Morgan fingerprint density at radius 1 is 1.14 bits per heavy atom. The summed E-state index contributed by atoms with van der Waals surface area (Å²) in [5.74, 6) is 0.135. The Balaban J connectivity index is 1.64. The lowest BCUT2D eigenvalue weighted by molar-refractivity contribution is -0.123. The molecule has 3 aromatic rings. The molecule has 28 heavy (non-hydrogen) atoms. The van der Waals surface area contributed by atoms with Gasteiger partial charge in [0.15, 0.2) is 0 Å². The van der Waals surface area contributed by atoms with Crippen molar-refractivity contribution in [3.63, 3.8) is 0 Å². The van der Waals surface area contributed by atoms with E-state index in [0.29, 0.717) is 12.0 Å². The van der Waals surface area contributed by atoms with Crippen molar-refractivity contribution in [2.75, 3.05) is 12.0 Å². The molecule has 1 aromatic heterocycles. The molecule has 2 aromatic carbocycles. The number of fused-ring (bicyclic) bond motifs is 1. The maximum atomic E-state index is 12.6. The van der Waals surface area contributed by atoms with Gasteiger partial charge >= 0.3 is 0 Å². The third-order valence-corrected chi connectivity index (χ3v) is 4.91. The molecule has 2 amide bonds. The number of aromatic amines is 1. The fourth-order valence-corrected chi connectivity index (χ4v) is 3.25. The number of H-pyrrole nitrogens is 1. The largest absolute Gasteiger partial charge is 0.361 e. The van der Waals surface area contributed by atoms with Crippen molar-refractivity contribution in [1.82, 2.24) is 15.7 Å². The molecule has 0 aliphatic heterocycles. The number of rotatable bonds is 8. The molecule has 7 heteroatoms. The Morgan fingerprint density at radius 3 is 2.68 bits per heavy atom. The van der Waals surface area contributed by atoms with Crippen molar-refractivity contribution < 1.29 is 9.59 Å². The van der Waals surface area contributed by atoms with E-state index in [0.717, 1.165) is 22.2 Å². The van der Waals surface area contributed by atoms with E-state index in [-0.39, 0.29) is 11.8 Å². The number of hydrogen-bond acceptors (Lipinski definition) is 4. The standard InChI is InChI=1S/C21H22N4O2S/c1-28-12-11-19(24-20(26)15-7-3-2-4-8-15)21(27)25-23-14-16-13-22-18-10-6-5-9-17(16)18/h2-10,13-14,19,22H,11-12H2,1H3,(H,24,26)(H,25,27)/b23-14+. The Bertz CT molecular complexity index is 969. The molecule has 0 spiro atoms. The molecule has 3 N–H and O–H groups in total. The molecule has 0 radical (unpaired) electrons. The Labute approximate surface area is 167 Å². The summed E-state index contributed by atoms with van der Waals surface area (Å²) in [6, 6.07) is 16.1. The van der Waals surface area contributed by atoms with Crippen LogP contribution in [-0.2, 0) is 4.79 Å². The van der Waals surface area contributed by atoms with Crippen molar-refractivity contribution in [2.24, 2.45) is 5.10 Å². The van der Waals surface area contributed by atoms with Crippen LogP contribution in [0.1, 0.15) is 22.3 Å². The van der Waals surface area contributed by atoms with E-state index in [9.17, 15) is 9.59 Å². The number of amides is 2. The second-order valence-corrected chi connectivity index (χ2v) is 7.18. The molecular weight excluding hydrogens is 372 g/mol. The van der Waals surface area contributed by atoms with Crippen molar-refractivity contribution in [3.8, 4) is 0 Å². The van der Waals surface area contributed by atoms with Gasteiger partial charge in [0.2, 0.25) is 0 Å². The number of thioether (sulfide) groups is 1. The normalized spacial score (nSPS) is 12.2. The van der Waals surface area contributed by atoms with Crippen molar-refractivity contribution >= 4 is 40.7 Å². The van der Waals surface area contributed by atoms with Gasteiger partial charge in [-0.05, 0) is 36.6 Å². The third-order valence-electron chi connectivity index (χ3n) is 4.27. The van der Waals surface area contributed by atoms with Crippen LogP contribution in [0.4, 0.5) is 0 Å². The number of hydrogen-bond donors (Lipinski definition) is 3. The number of carbonyl (C=O) groups excluding carboxylic acids is 2. The Morgan fingerprint density at radius 2 is 1.89 bits per heavy atom. The summed E-state index contributed by atoms with van der Waals surface area (Å²) in [7, 11) is 0. The molecular formula is C21H22N4O2S. The summed E-state index contributed by atoms with van der Waals surface area (Å²) in [4.78, 5) is 28.1. The topological polar surface area (TPSA) is 86.3 Å². The highest BCUT2D eigenvalue weighted by Crippen LogP contribution is 2.15. The number of hydrazone groups is 1. The maximum Gasteiger partial charge on any atom is 0.262 e. The SMILES string of the molecule is CSCCC(NC(=O)c1ccccc1)C(=O)N/N=C/c1c[nH]c2ccccc12. The van der Waals surface area contributed by atoms with Gasteiger partial charge in [0.25, 0.3) is 11.8 Å². The van der Waals surface area contributed by atoms with E-state index in [4.69, 9.17) is 0 Å².